The summed E-state index contributed by atoms with van der Waals surface area (Å²) in [4.78, 5) is 37.8. The average Bonchev–Trinajstić information content (AvgIpc) is 3.86. The van der Waals surface area contributed by atoms with Gasteiger partial charge in [-0.05, 0) is 99.1 Å². The van der Waals surface area contributed by atoms with Gasteiger partial charge in [-0.15, -0.1) is 0 Å². The Morgan fingerprint density at radius 3 is 1.50 bits per heavy atom. The third-order valence-electron chi connectivity index (χ3n) is 11.7. The van der Waals surface area contributed by atoms with Crippen molar-refractivity contribution < 1.29 is 38.1 Å². The van der Waals surface area contributed by atoms with Gasteiger partial charge in [0, 0.05) is 47.5 Å². The maximum atomic E-state index is 12.0. The monoisotopic (exact) mass is 808 g/mol. The molecule has 4 aromatic carbocycles. The molecule has 306 valence electrons. The molecule has 8 rings (SSSR count). The van der Waals surface area contributed by atoms with Crippen molar-refractivity contribution in [3.05, 3.63) is 82.9 Å². The second-order valence-corrected chi connectivity index (χ2v) is 15.4. The normalized spacial score (nSPS) is 17.3. The molecule has 2 fully saturated rings. The number of benzene rings is 4. The van der Waals surface area contributed by atoms with Crippen molar-refractivity contribution in [3.8, 4) is 57.7 Å². The summed E-state index contributed by atoms with van der Waals surface area (Å²) in [7, 11) is 0. The maximum Gasteiger partial charge on any atom is 0.320 e. The SMILES string of the molecule is Cc1c(-c2nc3cc(CN4CCCC[C@H]4C(=O)O)c(OCC#N)cc3o2)cccc1-c1cccc(-c2nc3cc(CN4CCCC[C@H]4C(=O)O)c(OCC#N)cc3o2)c1C. The summed E-state index contributed by atoms with van der Waals surface area (Å²) in [6.45, 7) is 5.65. The van der Waals surface area contributed by atoms with E-state index in [1.807, 2.05) is 84.3 Å². The third-order valence-corrected chi connectivity index (χ3v) is 11.7. The van der Waals surface area contributed by atoms with Crippen molar-refractivity contribution in [2.24, 2.45) is 0 Å². The number of aromatic nitrogens is 2. The van der Waals surface area contributed by atoms with E-state index in [0.717, 1.165) is 70.2 Å². The Bertz CT molecular complexity index is 2510. The van der Waals surface area contributed by atoms with Crippen LogP contribution in [0.4, 0.5) is 0 Å². The molecular weight excluding hydrogens is 765 g/mol. The molecular formula is C46H44N6O8. The minimum absolute atomic E-state index is 0.169. The van der Waals surface area contributed by atoms with Crippen molar-refractivity contribution in [1.29, 1.82) is 10.5 Å². The summed E-state index contributed by atoms with van der Waals surface area (Å²) in [5, 5.41) is 38.3. The minimum Gasteiger partial charge on any atom is -0.480 e. The molecule has 14 heteroatoms. The fraction of sp³-hybridized carbons (Fsp3) is 0.348. The van der Waals surface area contributed by atoms with Gasteiger partial charge in [-0.25, -0.2) is 9.97 Å². The van der Waals surface area contributed by atoms with Gasteiger partial charge in [-0.3, -0.25) is 19.4 Å². The first-order valence-corrected chi connectivity index (χ1v) is 20.1. The molecule has 0 spiro atoms. The van der Waals surface area contributed by atoms with E-state index in [2.05, 4.69) is 0 Å². The lowest BCUT2D eigenvalue weighted by Crippen LogP contribution is -2.44. The number of hydrogen-bond acceptors (Lipinski definition) is 12. The quantitative estimate of drug-likeness (QED) is 0.113. The number of carboxylic acid groups (broad SMARTS) is 2. The molecule has 0 radical (unpaired) electrons. The Hall–Kier alpha value is -6.74. The van der Waals surface area contributed by atoms with Crippen molar-refractivity contribution in [2.75, 3.05) is 26.3 Å². The molecule has 4 heterocycles. The second kappa shape index (κ2) is 17.2. The zero-order valence-corrected chi connectivity index (χ0v) is 33.4. The lowest BCUT2D eigenvalue weighted by atomic mass is 9.91. The Kier molecular flexibility index (Phi) is 11.5. The molecule has 0 bridgehead atoms. The van der Waals surface area contributed by atoms with E-state index in [9.17, 15) is 30.3 Å². The number of rotatable bonds is 13. The van der Waals surface area contributed by atoms with Gasteiger partial charge >= 0.3 is 11.9 Å². The second-order valence-electron chi connectivity index (χ2n) is 15.4. The molecule has 2 aromatic heterocycles. The number of likely N-dealkylation sites (tertiary alicyclic amines) is 2. The zero-order valence-electron chi connectivity index (χ0n) is 33.4. The van der Waals surface area contributed by atoms with Crippen LogP contribution in [0.3, 0.4) is 0 Å². The standard InChI is InChI=1S/C46H44N6O8/c1-27-31(9-7-11-33(27)43-49-35-21-29(39(57-19-15-47)23-41(35)59-43)25-51-17-5-3-13-37(51)45(53)54)32-10-8-12-34(28(32)2)44-50-36-22-30(40(58-20-16-48)24-42(36)60-44)26-52-18-6-4-14-38(52)46(55)56/h7-12,21-24,37-38H,3-6,13-14,17-20,25-26H2,1-2H3,(H,53,54)(H,55,56)/t37-,38-/m0/s1. The summed E-state index contributed by atoms with van der Waals surface area (Å²) < 4.78 is 24.3. The van der Waals surface area contributed by atoms with Gasteiger partial charge in [0.05, 0.1) is 0 Å². The van der Waals surface area contributed by atoms with Crippen molar-refractivity contribution in [3.63, 3.8) is 0 Å². The van der Waals surface area contributed by atoms with Gasteiger partial charge in [-0.1, -0.05) is 37.1 Å². The fourth-order valence-corrected chi connectivity index (χ4v) is 8.64. The van der Waals surface area contributed by atoms with Crippen LogP contribution < -0.4 is 9.47 Å². The van der Waals surface area contributed by atoms with Gasteiger partial charge < -0.3 is 28.5 Å². The van der Waals surface area contributed by atoms with Crippen LogP contribution in [0.2, 0.25) is 0 Å². The van der Waals surface area contributed by atoms with Gasteiger partial charge in [0.2, 0.25) is 11.8 Å². The third kappa shape index (κ3) is 8.00. The van der Waals surface area contributed by atoms with Gasteiger partial charge in [0.25, 0.3) is 0 Å². The Morgan fingerprint density at radius 2 is 1.10 bits per heavy atom. The van der Waals surface area contributed by atoms with E-state index in [1.54, 1.807) is 12.1 Å². The molecule has 14 nitrogen and oxygen atoms in total. The topological polar surface area (TPSA) is 199 Å². The molecule has 6 aromatic rings. The van der Waals surface area contributed by atoms with Crippen LogP contribution in [-0.2, 0) is 22.7 Å². The first kappa shape index (κ1) is 40.1. The van der Waals surface area contributed by atoms with Crippen LogP contribution in [-0.4, -0.2) is 80.3 Å². The maximum absolute atomic E-state index is 12.0. The zero-order chi connectivity index (χ0) is 41.9. The van der Waals surface area contributed by atoms with Gasteiger partial charge in [-0.2, -0.15) is 10.5 Å². The number of fused-ring (bicyclic) bond motifs is 2. The lowest BCUT2D eigenvalue weighted by molar-refractivity contribution is -0.145. The van der Waals surface area contributed by atoms with E-state index >= 15 is 0 Å². The Balaban J connectivity index is 1.12. The van der Waals surface area contributed by atoms with Crippen molar-refractivity contribution in [1.82, 2.24) is 19.8 Å². The van der Waals surface area contributed by atoms with E-state index in [-0.39, 0.29) is 13.2 Å². The predicted molar refractivity (Wildman–Crippen MR) is 221 cm³/mol. The number of oxazole rings is 2. The summed E-state index contributed by atoms with van der Waals surface area (Å²) in [6, 6.07) is 21.9. The van der Waals surface area contributed by atoms with Crippen LogP contribution in [0, 0.1) is 36.5 Å². The number of ether oxygens (including phenoxy) is 2. The smallest absolute Gasteiger partial charge is 0.320 e. The van der Waals surface area contributed by atoms with Crippen molar-refractivity contribution in [2.45, 2.75) is 77.5 Å². The minimum atomic E-state index is -0.850. The highest BCUT2D eigenvalue weighted by Gasteiger charge is 2.31. The molecule has 2 atom stereocenters. The highest BCUT2D eigenvalue weighted by molar-refractivity contribution is 5.85. The Morgan fingerprint density at radius 1 is 0.683 bits per heavy atom. The number of hydrogen-bond donors (Lipinski definition) is 2. The van der Waals surface area contributed by atoms with Crippen LogP contribution in [0.15, 0.2) is 69.5 Å². The lowest BCUT2D eigenvalue weighted by Gasteiger charge is -2.33. The highest BCUT2D eigenvalue weighted by atomic mass is 16.5. The van der Waals surface area contributed by atoms with E-state index in [4.69, 9.17) is 28.3 Å². The first-order chi connectivity index (χ1) is 29.1. The number of aliphatic carboxylic acids is 2. The summed E-state index contributed by atoms with van der Waals surface area (Å²) >= 11 is 0. The summed E-state index contributed by atoms with van der Waals surface area (Å²) in [5.41, 5.74) is 8.97. The number of carboxylic acids is 2. The van der Waals surface area contributed by atoms with E-state index in [1.165, 1.54) is 0 Å². The van der Waals surface area contributed by atoms with E-state index in [0.29, 0.717) is 84.5 Å². The molecule has 2 aliphatic rings. The highest BCUT2D eigenvalue weighted by Crippen LogP contribution is 2.40. The van der Waals surface area contributed by atoms with Crippen LogP contribution >= 0.6 is 0 Å². The molecule has 60 heavy (non-hydrogen) atoms. The fourth-order valence-electron chi connectivity index (χ4n) is 8.64. The van der Waals surface area contributed by atoms with Crippen LogP contribution in [0.5, 0.6) is 11.5 Å². The van der Waals surface area contributed by atoms with Crippen molar-refractivity contribution >= 4 is 34.1 Å². The van der Waals surface area contributed by atoms with Gasteiger partial charge in [0.15, 0.2) is 24.4 Å². The molecule has 2 saturated heterocycles. The van der Waals surface area contributed by atoms with Crippen LogP contribution in [0.1, 0.15) is 60.8 Å². The average molecular weight is 809 g/mol. The number of piperidine rings is 2. The largest absolute Gasteiger partial charge is 0.480 e. The summed E-state index contributed by atoms with van der Waals surface area (Å²) in [5.74, 6) is 0.0233. The number of carbonyl (C=O) groups is 2. The molecule has 0 amide bonds. The summed E-state index contributed by atoms with van der Waals surface area (Å²) in [6.07, 6.45) is 4.67. The predicted octanol–water partition coefficient (Wildman–Crippen LogP) is 8.27. The van der Waals surface area contributed by atoms with E-state index < -0.39 is 24.0 Å². The number of nitriles is 2. The molecule has 0 saturated carbocycles. The Labute approximate surface area is 346 Å². The van der Waals surface area contributed by atoms with Crippen LogP contribution in [0.25, 0.3) is 56.2 Å². The first-order valence-electron chi connectivity index (χ1n) is 20.1. The molecule has 2 N–H and O–H groups in total. The molecule has 0 unspecified atom stereocenters. The molecule has 0 aliphatic carbocycles. The molecule has 2 aliphatic heterocycles. The number of nitrogens with zero attached hydrogens (tertiary/aromatic N) is 6. The van der Waals surface area contributed by atoms with Gasteiger partial charge in [0.1, 0.15) is 46.8 Å².